The number of nitrogens with two attached hydrogens (primary N) is 4. The smallest absolute Gasteiger partial charge is 0.328 e. The molecule has 0 aliphatic heterocycles. The molecule has 0 saturated heterocycles. The SMILES string of the molecule is NCCCCC(NC(=O)C(N)CCC(=O)O)C(=O)NC(CCCN=C(N)N)C(=O)NC(CO)C(=O)O. The fourth-order valence-corrected chi connectivity index (χ4v) is 2.95. The normalized spacial score (nSPS) is 14.0. The molecule has 0 radical (unpaired) electrons. The first kappa shape index (κ1) is 32.5. The van der Waals surface area contributed by atoms with Gasteiger partial charge in [-0.25, -0.2) is 4.79 Å². The van der Waals surface area contributed by atoms with Crippen LogP contribution in [0.25, 0.3) is 0 Å². The number of nitrogens with zero attached hydrogens (tertiary/aromatic N) is 1. The highest BCUT2D eigenvalue weighted by Crippen LogP contribution is 2.06. The lowest BCUT2D eigenvalue weighted by atomic mass is 10.0. The van der Waals surface area contributed by atoms with Crippen molar-refractivity contribution in [2.75, 3.05) is 19.7 Å². The molecule has 0 aromatic heterocycles. The van der Waals surface area contributed by atoms with Crippen molar-refractivity contribution < 1.29 is 39.3 Å². The number of aliphatic imine (C=N–C) groups is 1. The molecule has 16 nitrogen and oxygen atoms in total. The van der Waals surface area contributed by atoms with Crippen LogP contribution in [0.1, 0.15) is 44.9 Å². The van der Waals surface area contributed by atoms with E-state index in [1.54, 1.807) is 0 Å². The van der Waals surface area contributed by atoms with Crippen molar-refractivity contribution in [1.29, 1.82) is 0 Å². The molecule has 14 N–H and O–H groups in total. The van der Waals surface area contributed by atoms with Gasteiger partial charge in [-0.05, 0) is 45.1 Å². The van der Waals surface area contributed by atoms with Gasteiger partial charge in [0.2, 0.25) is 17.7 Å². The first-order valence-electron chi connectivity index (χ1n) is 11.4. The van der Waals surface area contributed by atoms with Crippen molar-refractivity contribution in [1.82, 2.24) is 16.0 Å². The number of nitrogens with one attached hydrogen (secondary N) is 3. The standard InChI is InChI=1S/C20H38N8O8/c21-8-2-1-4-12(26-16(32)11(22)6-7-15(30)31)17(33)27-13(5-3-9-25-20(23)24)18(34)28-14(10-29)19(35)36/h11-14,29H,1-10,21-22H2,(H,26,32)(H,27,33)(H,28,34)(H,30,31)(H,35,36)(H4,23,24,25). The van der Waals surface area contributed by atoms with Gasteiger partial charge in [-0.1, -0.05) is 0 Å². The van der Waals surface area contributed by atoms with Crippen LogP contribution >= 0.6 is 0 Å². The van der Waals surface area contributed by atoms with E-state index >= 15 is 0 Å². The number of carboxylic acid groups (broad SMARTS) is 2. The number of aliphatic hydroxyl groups is 1. The lowest BCUT2D eigenvalue weighted by Crippen LogP contribution is -2.57. The second-order valence-corrected chi connectivity index (χ2v) is 7.98. The Bertz CT molecular complexity index is 775. The van der Waals surface area contributed by atoms with Crippen molar-refractivity contribution in [3.8, 4) is 0 Å². The second-order valence-electron chi connectivity index (χ2n) is 7.98. The van der Waals surface area contributed by atoms with Crippen LogP contribution in [0, 0.1) is 0 Å². The lowest BCUT2D eigenvalue weighted by molar-refractivity contribution is -0.143. The second kappa shape index (κ2) is 17.9. The summed E-state index contributed by atoms with van der Waals surface area (Å²) in [7, 11) is 0. The molecule has 3 amide bonds. The maximum Gasteiger partial charge on any atom is 0.328 e. The molecule has 206 valence electrons. The maximum atomic E-state index is 13.0. The van der Waals surface area contributed by atoms with Crippen molar-refractivity contribution in [3.05, 3.63) is 0 Å². The van der Waals surface area contributed by atoms with E-state index in [1.165, 1.54) is 0 Å². The van der Waals surface area contributed by atoms with E-state index in [1.807, 2.05) is 0 Å². The number of amides is 3. The number of carbonyl (C=O) groups is 5. The largest absolute Gasteiger partial charge is 0.481 e. The number of unbranched alkanes of at least 4 members (excludes halogenated alkanes) is 1. The van der Waals surface area contributed by atoms with Crippen molar-refractivity contribution in [2.24, 2.45) is 27.9 Å². The molecule has 0 aromatic rings. The van der Waals surface area contributed by atoms with Crippen LogP contribution in [0.3, 0.4) is 0 Å². The zero-order chi connectivity index (χ0) is 27.7. The Balaban J connectivity index is 5.52. The van der Waals surface area contributed by atoms with E-state index in [0.29, 0.717) is 19.4 Å². The quantitative estimate of drug-likeness (QED) is 0.0443. The van der Waals surface area contributed by atoms with Crippen LogP contribution in [0.15, 0.2) is 4.99 Å². The highest BCUT2D eigenvalue weighted by molar-refractivity contribution is 5.94. The Morgan fingerprint density at radius 1 is 0.778 bits per heavy atom. The van der Waals surface area contributed by atoms with Crippen LogP contribution in [0.2, 0.25) is 0 Å². The Kier molecular flexibility index (Phi) is 16.1. The van der Waals surface area contributed by atoms with Gasteiger partial charge in [0.05, 0.1) is 12.6 Å². The summed E-state index contributed by atoms with van der Waals surface area (Å²) < 4.78 is 0. The minimum Gasteiger partial charge on any atom is -0.481 e. The topological polar surface area (TPSA) is 299 Å². The van der Waals surface area contributed by atoms with Gasteiger partial charge in [0.25, 0.3) is 0 Å². The molecule has 0 heterocycles. The van der Waals surface area contributed by atoms with Gasteiger partial charge in [0.1, 0.15) is 18.1 Å². The molecule has 36 heavy (non-hydrogen) atoms. The number of rotatable bonds is 19. The number of hydrogen-bond acceptors (Lipinski definition) is 9. The molecular weight excluding hydrogens is 480 g/mol. The predicted octanol–water partition coefficient (Wildman–Crippen LogP) is -4.11. The third-order valence-corrected chi connectivity index (χ3v) is 4.96. The van der Waals surface area contributed by atoms with Gasteiger partial charge in [0.15, 0.2) is 5.96 Å². The highest BCUT2D eigenvalue weighted by Gasteiger charge is 2.30. The lowest BCUT2D eigenvalue weighted by Gasteiger charge is -2.25. The molecule has 0 rings (SSSR count). The average Bonchev–Trinajstić information content (AvgIpc) is 2.81. The van der Waals surface area contributed by atoms with Crippen LogP contribution in [0.5, 0.6) is 0 Å². The number of aliphatic hydroxyl groups excluding tert-OH is 1. The predicted molar refractivity (Wildman–Crippen MR) is 128 cm³/mol. The zero-order valence-corrected chi connectivity index (χ0v) is 20.0. The summed E-state index contributed by atoms with van der Waals surface area (Å²) in [5.74, 6) is -5.15. The van der Waals surface area contributed by atoms with E-state index in [0.717, 1.165) is 0 Å². The van der Waals surface area contributed by atoms with E-state index in [4.69, 9.17) is 33.1 Å². The number of hydrogen-bond donors (Lipinski definition) is 10. The third-order valence-electron chi connectivity index (χ3n) is 4.96. The summed E-state index contributed by atoms with van der Waals surface area (Å²) >= 11 is 0. The van der Waals surface area contributed by atoms with Crippen molar-refractivity contribution >= 4 is 35.6 Å². The molecule has 0 bridgehead atoms. The molecule has 0 aliphatic rings. The number of guanidine groups is 1. The Labute approximate surface area is 208 Å². The summed E-state index contributed by atoms with van der Waals surface area (Å²) in [6, 6.07) is -5.14. The first-order valence-corrected chi connectivity index (χ1v) is 11.4. The number of aliphatic carboxylic acids is 2. The summed E-state index contributed by atoms with van der Waals surface area (Å²) in [5.41, 5.74) is 21.7. The van der Waals surface area contributed by atoms with Gasteiger partial charge in [-0.2, -0.15) is 0 Å². The summed E-state index contributed by atoms with van der Waals surface area (Å²) in [5, 5.41) is 34.1. The first-order chi connectivity index (χ1) is 16.9. The Hall–Kier alpha value is -3.50. The van der Waals surface area contributed by atoms with Crippen LogP contribution in [-0.2, 0) is 24.0 Å². The molecular formula is C20H38N8O8. The summed E-state index contributed by atoms with van der Waals surface area (Å²) in [6.07, 6.45) is 0.899. The van der Waals surface area contributed by atoms with E-state index in [-0.39, 0.29) is 44.6 Å². The van der Waals surface area contributed by atoms with E-state index in [2.05, 4.69) is 20.9 Å². The van der Waals surface area contributed by atoms with Crippen molar-refractivity contribution in [3.63, 3.8) is 0 Å². The van der Waals surface area contributed by atoms with Crippen LogP contribution in [-0.4, -0.2) is 94.8 Å². The monoisotopic (exact) mass is 518 g/mol. The average molecular weight is 519 g/mol. The van der Waals surface area contributed by atoms with Gasteiger partial charge in [-0.3, -0.25) is 24.2 Å². The van der Waals surface area contributed by atoms with E-state index in [9.17, 15) is 29.1 Å². The van der Waals surface area contributed by atoms with Crippen LogP contribution < -0.4 is 38.9 Å². The molecule has 0 aliphatic carbocycles. The van der Waals surface area contributed by atoms with Crippen LogP contribution in [0.4, 0.5) is 0 Å². The Morgan fingerprint density at radius 3 is 1.78 bits per heavy atom. The fourth-order valence-electron chi connectivity index (χ4n) is 2.95. The molecule has 4 atom stereocenters. The maximum absolute atomic E-state index is 13.0. The molecule has 0 spiro atoms. The Morgan fingerprint density at radius 2 is 1.31 bits per heavy atom. The van der Waals surface area contributed by atoms with E-state index < -0.39 is 60.4 Å². The van der Waals surface area contributed by atoms with Gasteiger partial charge < -0.3 is 54.2 Å². The van der Waals surface area contributed by atoms with Gasteiger partial charge >= 0.3 is 11.9 Å². The van der Waals surface area contributed by atoms with Gasteiger partial charge in [0, 0.05) is 13.0 Å². The highest BCUT2D eigenvalue weighted by atomic mass is 16.4. The third kappa shape index (κ3) is 14.0. The summed E-state index contributed by atoms with van der Waals surface area (Å²) in [4.78, 5) is 63.8. The molecule has 16 heteroatoms. The molecule has 0 aromatic carbocycles. The number of carboxylic acids is 2. The summed E-state index contributed by atoms with van der Waals surface area (Å²) in [6.45, 7) is -0.408. The molecule has 0 saturated carbocycles. The zero-order valence-electron chi connectivity index (χ0n) is 20.0. The molecule has 4 unspecified atom stereocenters. The minimum atomic E-state index is -1.60. The van der Waals surface area contributed by atoms with Crippen molar-refractivity contribution in [2.45, 2.75) is 69.1 Å². The molecule has 0 fully saturated rings. The van der Waals surface area contributed by atoms with Gasteiger partial charge in [-0.15, -0.1) is 0 Å². The minimum absolute atomic E-state index is 0.00765. The fraction of sp³-hybridized carbons (Fsp3) is 0.700. The number of carbonyl (C=O) groups excluding carboxylic acids is 3.